The fourth-order valence-corrected chi connectivity index (χ4v) is 15.4. The van der Waals surface area contributed by atoms with E-state index in [0.717, 1.165) is 46.9 Å². The van der Waals surface area contributed by atoms with Gasteiger partial charge in [-0.1, -0.05) is 180 Å². The van der Waals surface area contributed by atoms with Crippen LogP contribution in [-0.2, 0) is 27.1 Å². The molecule has 0 radical (unpaired) electrons. The van der Waals surface area contributed by atoms with Crippen LogP contribution in [0.4, 0.5) is 45.5 Å². The second-order valence-corrected chi connectivity index (χ2v) is 28.0. The Kier molecular flexibility index (Phi) is 10.5. The molecule has 9 aromatic rings. The molecule has 1 fully saturated rings. The van der Waals surface area contributed by atoms with Gasteiger partial charge in [-0.15, -0.1) is 0 Å². The van der Waals surface area contributed by atoms with Crippen molar-refractivity contribution in [1.82, 2.24) is 0 Å². The van der Waals surface area contributed by atoms with E-state index in [9.17, 15) is 0 Å². The zero-order valence-corrected chi connectivity index (χ0v) is 48.5. The Morgan fingerprint density at radius 2 is 1.09 bits per heavy atom. The second kappa shape index (κ2) is 16.5. The lowest BCUT2D eigenvalue weighted by Crippen LogP contribution is -2.62. The number of fused-ring (bicyclic) bond motifs is 11. The van der Waals surface area contributed by atoms with Gasteiger partial charge in [-0.2, -0.15) is 0 Å². The lowest BCUT2D eigenvalue weighted by Gasteiger charge is -2.51. The molecule has 4 nitrogen and oxygen atoms in total. The minimum absolute atomic E-state index is 0.00672. The summed E-state index contributed by atoms with van der Waals surface area (Å²) in [5, 5.41) is 2.27. The summed E-state index contributed by atoms with van der Waals surface area (Å²) in [7, 11) is 0. The second-order valence-electron chi connectivity index (χ2n) is 28.0. The van der Waals surface area contributed by atoms with E-state index in [2.05, 4.69) is 256 Å². The normalized spacial score (nSPS) is 20.8. The Hall–Kier alpha value is -6.98. The summed E-state index contributed by atoms with van der Waals surface area (Å²) in [4.78, 5) is 8.08. The van der Waals surface area contributed by atoms with Crippen molar-refractivity contribution in [3.8, 4) is 11.1 Å². The molecule has 5 heteroatoms. The first-order valence-corrected chi connectivity index (χ1v) is 29.2. The highest BCUT2D eigenvalue weighted by molar-refractivity contribution is 7.00. The van der Waals surface area contributed by atoms with Crippen molar-refractivity contribution in [3.63, 3.8) is 0 Å². The third-order valence-corrected chi connectivity index (χ3v) is 20.2. The quantitative estimate of drug-likeness (QED) is 0.164. The van der Waals surface area contributed by atoms with Crippen LogP contribution < -0.4 is 31.1 Å². The minimum atomic E-state index is -0.118. The molecule has 2 atom stereocenters. The molecule has 392 valence electrons. The molecule has 1 saturated carbocycles. The molecule has 2 aliphatic carbocycles. The van der Waals surface area contributed by atoms with Gasteiger partial charge in [0.1, 0.15) is 5.58 Å². The molecule has 4 heterocycles. The van der Waals surface area contributed by atoms with E-state index >= 15 is 0 Å². The first kappa shape index (κ1) is 49.3. The molecule has 1 aromatic heterocycles. The first-order chi connectivity index (χ1) is 37.1. The Balaban J connectivity index is 1.09. The van der Waals surface area contributed by atoms with E-state index < -0.39 is 0 Å². The predicted octanol–water partition coefficient (Wildman–Crippen LogP) is 18.3. The summed E-state index contributed by atoms with van der Waals surface area (Å²) in [6, 6.07) is 59.2. The molecule has 8 aromatic carbocycles. The molecule has 0 amide bonds. The molecule has 5 aliphatic rings. The highest BCUT2D eigenvalue weighted by Gasteiger charge is 2.58. The van der Waals surface area contributed by atoms with Gasteiger partial charge in [0, 0.05) is 55.9 Å². The standard InChI is InChI=1S/C73H76BN3O/c1-45-38-63-66-64(39-45)76(60-26-21-25-51-50-24-17-18-27-65(50)78-67(51)60)61-42-49(77-59-33-29-48(69(5,6)7)41-55(59)72(12)34-19-20-35-73(72,77)13)30-31-56(61)74(66)57-43-53-54(71(10,11)37-36-70(53,8)9)44-62(57)75(63)58-32-28-47(68(2,3)4)40-52(58)46-22-15-14-16-23-46/h14-18,21-33,38-44H,19-20,34-37H2,1-13H3. The first-order valence-electron chi connectivity index (χ1n) is 29.2. The molecule has 0 spiro atoms. The molecular weight excluding hydrogens is 946 g/mol. The number of rotatable bonds is 4. The van der Waals surface area contributed by atoms with Crippen LogP contribution in [0.25, 0.3) is 33.1 Å². The van der Waals surface area contributed by atoms with Crippen molar-refractivity contribution in [2.45, 2.75) is 161 Å². The number of furan rings is 1. The number of aryl methyl sites for hydroxylation is 1. The molecule has 2 unspecified atom stereocenters. The van der Waals surface area contributed by atoms with E-state index in [1.165, 1.54) is 120 Å². The summed E-state index contributed by atoms with van der Waals surface area (Å²) in [5.41, 5.74) is 26.5. The van der Waals surface area contributed by atoms with Gasteiger partial charge >= 0.3 is 0 Å². The van der Waals surface area contributed by atoms with Crippen LogP contribution in [0.3, 0.4) is 0 Å². The minimum Gasteiger partial charge on any atom is -0.454 e. The van der Waals surface area contributed by atoms with E-state index in [-0.39, 0.29) is 39.3 Å². The van der Waals surface area contributed by atoms with Crippen molar-refractivity contribution in [2.75, 3.05) is 14.7 Å². The Labute approximate surface area is 464 Å². The molecule has 78 heavy (non-hydrogen) atoms. The van der Waals surface area contributed by atoms with Crippen LogP contribution in [0, 0.1) is 6.92 Å². The van der Waals surface area contributed by atoms with Crippen molar-refractivity contribution in [1.29, 1.82) is 0 Å². The van der Waals surface area contributed by atoms with Gasteiger partial charge in [-0.25, -0.2) is 0 Å². The van der Waals surface area contributed by atoms with Gasteiger partial charge in [0.05, 0.1) is 16.9 Å². The molecule has 3 aliphatic heterocycles. The van der Waals surface area contributed by atoms with Crippen molar-refractivity contribution >= 4 is 90.5 Å². The summed E-state index contributed by atoms with van der Waals surface area (Å²) in [6.45, 7) is 31.5. The lowest BCUT2D eigenvalue weighted by atomic mass is 9.33. The van der Waals surface area contributed by atoms with Gasteiger partial charge in [0.25, 0.3) is 6.71 Å². The van der Waals surface area contributed by atoms with Crippen LogP contribution in [-0.4, -0.2) is 12.3 Å². The van der Waals surface area contributed by atoms with E-state index in [1.807, 2.05) is 0 Å². The number of benzene rings is 8. The summed E-state index contributed by atoms with van der Waals surface area (Å²) in [5.74, 6) is 0. The summed E-state index contributed by atoms with van der Waals surface area (Å²) >= 11 is 0. The SMILES string of the molecule is Cc1cc2c3c(c1)N(c1cccc4c1oc1ccccc14)c1cc(N4c5ccc(C(C)(C)C)cc5C5(C)CCCCC45C)ccc1B3c1cc3c(cc1N2c1ccc(C(C)(C)C)cc1-c1ccccc1)C(C)(C)CCC3(C)C. The van der Waals surface area contributed by atoms with Gasteiger partial charge in [0.2, 0.25) is 0 Å². The third-order valence-electron chi connectivity index (χ3n) is 20.2. The highest BCUT2D eigenvalue weighted by atomic mass is 16.3. The Bertz CT molecular complexity index is 3980. The van der Waals surface area contributed by atoms with Gasteiger partial charge in [-0.05, 0) is 177 Å². The van der Waals surface area contributed by atoms with E-state index in [4.69, 9.17) is 4.42 Å². The number of nitrogens with zero attached hydrogens (tertiary/aromatic N) is 3. The number of para-hydroxylation sites is 2. The maximum atomic E-state index is 7.10. The molecule has 0 saturated heterocycles. The van der Waals surface area contributed by atoms with Crippen molar-refractivity contribution in [2.24, 2.45) is 0 Å². The topological polar surface area (TPSA) is 22.9 Å². The maximum absolute atomic E-state index is 7.10. The largest absolute Gasteiger partial charge is 0.454 e. The Morgan fingerprint density at radius 1 is 0.474 bits per heavy atom. The fourth-order valence-electron chi connectivity index (χ4n) is 15.4. The smallest absolute Gasteiger partial charge is 0.252 e. The summed E-state index contributed by atoms with van der Waals surface area (Å²) in [6.07, 6.45) is 7.08. The lowest BCUT2D eigenvalue weighted by molar-refractivity contribution is 0.195. The number of hydrogen-bond acceptors (Lipinski definition) is 4. The van der Waals surface area contributed by atoms with Crippen LogP contribution in [0.5, 0.6) is 0 Å². The monoisotopic (exact) mass is 1020 g/mol. The van der Waals surface area contributed by atoms with Gasteiger partial charge < -0.3 is 19.1 Å². The van der Waals surface area contributed by atoms with Crippen molar-refractivity contribution in [3.05, 3.63) is 185 Å². The zero-order chi connectivity index (χ0) is 54.2. The van der Waals surface area contributed by atoms with Gasteiger partial charge in [0.15, 0.2) is 5.58 Å². The number of anilines is 8. The average molecular weight is 1020 g/mol. The maximum Gasteiger partial charge on any atom is 0.252 e. The van der Waals surface area contributed by atoms with Crippen LogP contribution >= 0.6 is 0 Å². The molecule has 14 rings (SSSR count). The van der Waals surface area contributed by atoms with Crippen LogP contribution in [0.2, 0.25) is 0 Å². The zero-order valence-electron chi connectivity index (χ0n) is 48.5. The average Bonchev–Trinajstić information content (AvgIpc) is 3.18. The van der Waals surface area contributed by atoms with E-state index in [0.29, 0.717) is 0 Å². The Morgan fingerprint density at radius 3 is 1.81 bits per heavy atom. The third kappa shape index (κ3) is 6.97. The molecule has 0 bridgehead atoms. The van der Waals surface area contributed by atoms with E-state index in [1.54, 1.807) is 0 Å². The molecule has 0 N–H and O–H groups in total. The fraction of sp³-hybridized carbons (Fsp3) is 0.342. The van der Waals surface area contributed by atoms with Crippen molar-refractivity contribution < 1.29 is 4.42 Å². The van der Waals surface area contributed by atoms with Crippen LogP contribution in [0.1, 0.15) is 155 Å². The predicted molar refractivity (Wildman–Crippen MR) is 333 cm³/mol. The molecular formula is C73H76BN3O. The summed E-state index contributed by atoms with van der Waals surface area (Å²) < 4.78 is 7.10. The van der Waals surface area contributed by atoms with Gasteiger partial charge in [-0.3, -0.25) is 0 Å². The number of hydrogen-bond donors (Lipinski definition) is 0. The van der Waals surface area contributed by atoms with Crippen LogP contribution in [0.15, 0.2) is 156 Å². The highest BCUT2D eigenvalue weighted by Crippen LogP contribution is 2.62.